The van der Waals surface area contributed by atoms with Gasteiger partial charge in [0.05, 0.1) is 18.2 Å². The van der Waals surface area contributed by atoms with Gasteiger partial charge in [-0.25, -0.2) is 9.69 Å². The second kappa shape index (κ2) is 9.00. The standard InChI is InChI=1S/C21H24N2O6/c1-2-14-5-7-15(8-6-14)23-19(25)12-17(21(23)28)22(13-16-4-3-11-29-16)18(24)9-10-20(26)27/h5-10,16-17H,2-4,11-13H2,1H3,(H,26,27)/b10-9+. The van der Waals surface area contributed by atoms with Gasteiger partial charge in [-0.1, -0.05) is 19.1 Å². The molecule has 1 aromatic rings. The van der Waals surface area contributed by atoms with Crippen LogP contribution in [0, 0.1) is 0 Å². The predicted molar refractivity (Wildman–Crippen MR) is 104 cm³/mol. The Bertz CT molecular complexity index is 826. The third-order valence-electron chi connectivity index (χ3n) is 5.18. The topological polar surface area (TPSA) is 104 Å². The fourth-order valence-corrected chi connectivity index (χ4v) is 3.63. The number of anilines is 1. The molecular formula is C21H24N2O6. The van der Waals surface area contributed by atoms with Crippen molar-refractivity contribution in [2.75, 3.05) is 18.1 Å². The summed E-state index contributed by atoms with van der Waals surface area (Å²) in [6.07, 6.45) is 3.69. The number of amides is 3. The van der Waals surface area contributed by atoms with Gasteiger partial charge < -0.3 is 14.7 Å². The van der Waals surface area contributed by atoms with E-state index in [4.69, 9.17) is 9.84 Å². The normalized spacial score (nSPS) is 21.9. The quantitative estimate of drug-likeness (QED) is 0.550. The highest BCUT2D eigenvalue weighted by Gasteiger charge is 2.44. The molecule has 3 amide bonds. The van der Waals surface area contributed by atoms with Gasteiger partial charge in [0.25, 0.3) is 5.91 Å². The van der Waals surface area contributed by atoms with Gasteiger partial charge in [-0.3, -0.25) is 14.4 Å². The number of aliphatic carboxylic acids is 1. The monoisotopic (exact) mass is 400 g/mol. The highest BCUT2D eigenvalue weighted by atomic mass is 16.5. The number of ether oxygens (including phenoxy) is 1. The minimum Gasteiger partial charge on any atom is -0.478 e. The molecule has 154 valence electrons. The zero-order chi connectivity index (χ0) is 21.0. The van der Waals surface area contributed by atoms with E-state index in [0.717, 1.165) is 41.9 Å². The van der Waals surface area contributed by atoms with Crippen molar-refractivity contribution in [1.82, 2.24) is 4.90 Å². The van der Waals surface area contributed by atoms with Crippen molar-refractivity contribution < 1.29 is 29.0 Å². The van der Waals surface area contributed by atoms with Gasteiger partial charge in [-0.05, 0) is 37.0 Å². The van der Waals surface area contributed by atoms with E-state index < -0.39 is 29.7 Å². The molecule has 1 N–H and O–H groups in total. The number of imide groups is 1. The van der Waals surface area contributed by atoms with Gasteiger partial charge in [-0.2, -0.15) is 0 Å². The summed E-state index contributed by atoms with van der Waals surface area (Å²) >= 11 is 0. The lowest BCUT2D eigenvalue weighted by atomic mass is 10.1. The number of hydrogen-bond donors (Lipinski definition) is 1. The third-order valence-corrected chi connectivity index (χ3v) is 5.18. The van der Waals surface area contributed by atoms with Crippen LogP contribution in [0.1, 0.15) is 31.7 Å². The van der Waals surface area contributed by atoms with Crippen molar-refractivity contribution in [3.05, 3.63) is 42.0 Å². The van der Waals surface area contributed by atoms with E-state index in [0.29, 0.717) is 12.3 Å². The number of nitrogens with zero attached hydrogens (tertiary/aromatic N) is 2. The molecule has 0 aromatic heterocycles. The van der Waals surface area contributed by atoms with Gasteiger partial charge in [0.2, 0.25) is 11.8 Å². The van der Waals surface area contributed by atoms with E-state index in [1.54, 1.807) is 12.1 Å². The highest BCUT2D eigenvalue weighted by Crippen LogP contribution is 2.27. The second-order valence-electron chi connectivity index (χ2n) is 7.10. The molecule has 8 heteroatoms. The van der Waals surface area contributed by atoms with Crippen LogP contribution in [0.3, 0.4) is 0 Å². The van der Waals surface area contributed by atoms with E-state index in [2.05, 4.69) is 0 Å². The Morgan fingerprint density at radius 1 is 1.24 bits per heavy atom. The Labute approximate surface area is 168 Å². The van der Waals surface area contributed by atoms with Crippen LogP contribution in [0.15, 0.2) is 36.4 Å². The van der Waals surface area contributed by atoms with Crippen molar-refractivity contribution in [1.29, 1.82) is 0 Å². The summed E-state index contributed by atoms with van der Waals surface area (Å²) in [6.45, 7) is 2.72. The summed E-state index contributed by atoms with van der Waals surface area (Å²) in [5.74, 6) is -2.77. The molecule has 2 fully saturated rings. The molecule has 0 radical (unpaired) electrons. The van der Waals surface area contributed by atoms with E-state index in [1.165, 1.54) is 4.90 Å². The Morgan fingerprint density at radius 3 is 2.55 bits per heavy atom. The lowest BCUT2D eigenvalue weighted by Crippen LogP contribution is -2.48. The number of aryl methyl sites for hydroxylation is 1. The molecule has 0 saturated carbocycles. The summed E-state index contributed by atoms with van der Waals surface area (Å²) in [4.78, 5) is 51.4. The molecule has 2 saturated heterocycles. The summed E-state index contributed by atoms with van der Waals surface area (Å²) in [6, 6.07) is 6.16. The van der Waals surface area contributed by atoms with Crippen LogP contribution in [-0.4, -0.2) is 59.0 Å². The molecule has 0 spiro atoms. The lowest BCUT2D eigenvalue weighted by molar-refractivity contribution is -0.136. The molecule has 8 nitrogen and oxygen atoms in total. The maximum absolute atomic E-state index is 13.1. The smallest absolute Gasteiger partial charge is 0.328 e. The molecule has 1 aromatic carbocycles. The van der Waals surface area contributed by atoms with Gasteiger partial charge in [0.15, 0.2) is 0 Å². The molecule has 2 aliphatic rings. The Hall–Kier alpha value is -3.00. The molecular weight excluding hydrogens is 376 g/mol. The van der Waals surface area contributed by atoms with Crippen LogP contribution < -0.4 is 4.90 Å². The predicted octanol–water partition coefficient (Wildman–Crippen LogP) is 1.53. The zero-order valence-electron chi connectivity index (χ0n) is 16.2. The Morgan fingerprint density at radius 2 is 1.97 bits per heavy atom. The maximum atomic E-state index is 13.1. The van der Waals surface area contributed by atoms with Crippen LogP contribution in [0.5, 0.6) is 0 Å². The lowest BCUT2D eigenvalue weighted by Gasteiger charge is -2.28. The van der Waals surface area contributed by atoms with E-state index in [9.17, 15) is 19.2 Å². The first-order valence-electron chi connectivity index (χ1n) is 9.69. The molecule has 3 rings (SSSR count). The van der Waals surface area contributed by atoms with Crippen molar-refractivity contribution in [2.45, 2.75) is 44.8 Å². The number of carbonyl (C=O) groups is 4. The minimum absolute atomic E-state index is 0.134. The van der Waals surface area contributed by atoms with Crippen LogP contribution in [0.25, 0.3) is 0 Å². The van der Waals surface area contributed by atoms with Gasteiger partial charge in [-0.15, -0.1) is 0 Å². The summed E-state index contributed by atoms with van der Waals surface area (Å²) < 4.78 is 5.57. The van der Waals surface area contributed by atoms with Gasteiger partial charge in [0.1, 0.15) is 6.04 Å². The Kier molecular flexibility index (Phi) is 6.43. The third kappa shape index (κ3) is 4.71. The van der Waals surface area contributed by atoms with Gasteiger partial charge in [0, 0.05) is 25.3 Å². The minimum atomic E-state index is -1.26. The maximum Gasteiger partial charge on any atom is 0.328 e. The molecule has 2 aliphatic heterocycles. The van der Waals surface area contributed by atoms with Crippen LogP contribution in [0.4, 0.5) is 5.69 Å². The number of hydrogen-bond acceptors (Lipinski definition) is 5. The first kappa shape index (κ1) is 20.7. The Balaban J connectivity index is 1.84. The molecule has 2 heterocycles. The SMILES string of the molecule is CCc1ccc(N2C(=O)CC(N(CC3CCCO3)C(=O)/C=C/C(=O)O)C2=O)cc1. The van der Waals surface area contributed by atoms with Crippen molar-refractivity contribution >= 4 is 29.4 Å². The summed E-state index contributed by atoms with van der Waals surface area (Å²) in [5, 5.41) is 8.81. The van der Waals surface area contributed by atoms with Crippen molar-refractivity contribution in [3.63, 3.8) is 0 Å². The number of benzene rings is 1. The average Bonchev–Trinajstić information content (AvgIpc) is 3.32. The van der Waals surface area contributed by atoms with Crippen LogP contribution in [-0.2, 0) is 30.3 Å². The number of carboxylic acids is 1. The largest absolute Gasteiger partial charge is 0.478 e. The molecule has 2 atom stereocenters. The number of carboxylic acid groups (broad SMARTS) is 1. The first-order chi connectivity index (χ1) is 13.9. The highest BCUT2D eigenvalue weighted by molar-refractivity contribution is 6.23. The fraction of sp³-hybridized carbons (Fsp3) is 0.429. The summed E-state index contributed by atoms with van der Waals surface area (Å²) in [7, 11) is 0. The van der Waals surface area contributed by atoms with Crippen LogP contribution in [0.2, 0.25) is 0 Å². The van der Waals surface area contributed by atoms with E-state index >= 15 is 0 Å². The molecule has 0 bridgehead atoms. The number of rotatable bonds is 7. The fourth-order valence-electron chi connectivity index (χ4n) is 3.63. The zero-order valence-corrected chi connectivity index (χ0v) is 16.2. The molecule has 2 unspecified atom stereocenters. The first-order valence-corrected chi connectivity index (χ1v) is 9.69. The molecule has 0 aliphatic carbocycles. The van der Waals surface area contributed by atoms with Crippen LogP contribution >= 0.6 is 0 Å². The second-order valence-corrected chi connectivity index (χ2v) is 7.10. The van der Waals surface area contributed by atoms with E-state index in [-0.39, 0.29) is 19.1 Å². The van der Waals surface area contributed by atoms with E-state index in [1.807, 2.05) is 19.1 Å². The van der Waals surface area contributed by atoms with Gasteiger partial charge >= 0.3 is 5.97 Å². The average molecular weight is 400 g/mol. The van der Waals surface area contributed by atoms with Crippen molar-refractivity contribution in [2.24, 2.45) is 0 Å². The molecule has 29 heavy (non-hydrogen) atoms. The number of carbonyl (C=O) groups excluding carboxylic acids is 3. The summed E-state index contributed by atoms with van der Waals surface area (Å²) in [5.41, 5.74) is 1.55. The van der Waals surface area contributed by atoms with Crippen molar-refractivity contribution in [3.8, 4) is 0 Å².